The second-order valence-corrected chi connectivity index (χ2v) is 4.80. The van der Waals surface area contributed by atoms with Crippen LogP contribution in [0.1, 0.15) is 5.56 Å². The molecular formula is C15H10FN3O3. The average Bonchev–Trinajstić information content (AvgIpc) is 2.48. The highest BCUT2D eigenvalue weighted by Crippen LogP contribution is 2.32. The van der Waals surface area contributed by atoms with Crippen LogP contribution in [-0.2, 0) is 0 Å². The number of aromatic nitrogens is 2. The predicted molar refractivity (Wildman–Crippen MR) is 78.0 cm³/mol. The van der Waals surface area contributed by atoms with Crippen LogP contribution in [0.3, 0.4) is 0 Å². The highest BCUT2D eigenvalue weighted by atomic mass is 19.1. The van der Waals surface area contributed by atoms with E-state index in [1.54, 1.807) is 13.0 Å². The quantitative estimate of drug-likeness (QED) is 0.579. The van der Waals surface area contributed by atoms with Crippen molar-refractivity contribution in [2.24, 2.45) is 0 Å². The summed E-state index contributed by atoms with van der Waals surface area (Å²) >= 11 is 0. The normalized spacial score (nSPS) is 10.8. The van der Waals surface area contributed by atoms with Crippen LogP contribution >= 0.6 is 0 Å². The van der Waals surface area contributed by atoms with E-state index < -0.39 is 10.7 Å². The minimum atomic E-state index is -0.736. The van der Waals surface area contributed by atoms with E-state index in [0.717, 1.165) is 6.07 Å². The summed E-state index contributed by atoms with van der Waals surface area (Å²) in [5, 5.41) is 21.0. The van der Waals surface area contributed by atoms with Crippen LogP contribution < -0.4 is 0 Å². The molecule has 0 saturated carbocycles. The van der Waals surface area contributed by atoms with Gasteiger partial charge in [-0.05, 0) is 24.6 Å². The second-order valence-electron chi connectivity index (χ2n) is 4.80. The van der Waals surface area contributed by atoms with Gasteiger partial charge in [-0.2, -0.15) is 0 Å². The molecule has 0 saturated heterocycles. The molecule has 1 heterocycles. The number of phenols is 1. The zero-order valence-electron chi connectivity index (χ0n) is 11.4. The van der Waals surface area contributed by atoms with Gasteiger partial charge in [-0.25, -0.2) is 14.4 Å². The van der Waals surface area contributed by atoms with E-state index in [1.165, 1.54) is 24.5 Å². The monoisotopic (exact) mass is 299 g/mol. The minimum Gasteiger partial charge on any atom is -0.508 e. The summed E-state index contributed by atoms with van der Waals surface area (Å²) in [4.78, 5) is 18.1. The van der Waals surface area contributed by atoms with E-state index in [1.807, 2.05) is 0 Å². The van der Waals surface area contributed by atoms with Crippen LogP contribution in [0.15, 0.2) is 36.7 Å². The van der Waals surface area contributed by atoms with Gasteiger partial charge in [0.05, 0.1) is 22.2 Å². The van der Waals surface area contributed by atoms with Gasteiger partial charge in [0, 0.05) is 23.1 Å². The molecule has 0 radical (unpaired) electrons. The number of nitro groups is 1. The molecule has 7 heteroatoms. The largest absolute Gasteiger partial charge is 0.508 e. The fourth-order valence-corrected chi connectivity index (χ4v) is 2.22. The number of halogens is 1. The molecule has 110 valence electrons. The van der Waals surface area contributed by atoms with Crippen molar-refractivity contribution in [3.63, 3.8) is 0 Å². The molecule has 2 aromatic carbocycles. The lowest BCUT2D eigenvalue weighted by molar-refractivity contribution is -0.385. The second kappa shape index (κ2) is 5.03. The van der Waals surface area contributed by atoms with E-state index in [2.05, 4.69) is 9.97 Å². The summed E-state index contributed by atoms with van der Waals surface area (Å²) in [6.45, 7) is 1.71. The van der Waals surface area contributed by atoms with Crippen molar-refractivity contribution in [3.05, 3.63) is 58.2 Å². The van der Waals surface area contributed by atoms with Crippen molar-refractivity contribution in [1.29, 1.82) is 0 Å². The molecular weight excluding hydrogens is 289 g/mol. The fraction of sp³-hybridized carbons (Fsp3) is 0.0667. The fourth-order valence-electron chi connectivity index (χ4n) is 2.22. The molecule has 0 aliphatic rings. The molecule has 0 amide bonds. The number of hydrogen-bond acceptors (Lipinski definition) is 5. The first-order chi connectivity index (χ1) is 10.5. The molecule has 0 aliphatic heterocycles. The smallest absolute Gasteiger partial charge is 0.272 e. The Morgan fingerprint density at radius 1 is 1.23 bits per heavy atom. The Kier molecular flexibility index (Phi) is 3.17. The summed E-state index contributed by atoms with van der Waals surface area (Å²) in [5.41, 5.74) is 1.20. The van der Waals surface area contributed by atoms with Crippen LogP contribution in [0.25, 0.3) is 22.2 Å². The number of benzene rings is 2. The lowest BCUT2D eigenvalue weighted by atomic mass is 10.0. The van der Waals surface area contributed by atoms with Gasteiger partial charge in [-0.3, -0.25) is 10.1 Å². The molecule has 0 atom stereocenters. The molecule has 1 N–H and O–H groups in total. The summed E-state index contributed by atoms with van der Waals surface area (Å²) in [5.74, 6) is -0.652. The Balaban J connectivity index is 2.26. The number of rotatable bonds is 2. The van der Waals surface area contributed by atoms with Crippen LogP contribution in [-0.4, -0.2) is 20.0 Å². The van der Waals surface area contributed by atoms with Gasteiger partial charge in [0.25, 0.3) is 5.69 Å². The number of phenolic OH excluding ortho intramolecular Hbond substituents is 1. The first-order valence-electron chi connectivity index (χ1n) is 6.36. The van der Waals surface area contributed by atoms with E-state index in [9.17, 15) is 19.6 Å². The lowest BCUT2D eigenvalue weighted by Gasteiger charge is -2.08. The molecule has 1 aromatic heterocycles. The van der Waals surface area contributed by atoms with Gasteiger partial charge in [0.15, 0.2) is 0 Å². The Morgan fingerprint density at radius 2 is 2.00 bits per heavy atom. The van der Waals surface area contributed by atoms with Crippen molar-refractivity contribution in [2.45, 2.75) is 6.92 Å². The number of nitro benzene ring substituents is 1. The van der Waals surface area contributed by atoms with Crippen molar-refractivity contribution in [2.75, 3.05) is 0 Å². The van der Waals surface area contributed by atoms with E-state index in [0.29, 0.717) is 22.2 Å². The SMILES string of the molecule is Cc1cc2c(-c3ccc([N+](=O)[O-])cc3F)ncnc2cc1O. The highest BCUT2D eigenvalue weighted by Gasteiger charge is 2.16. The van der Waals surface area contributed by atoms with Gasteiger partial charge >= 0.3 is 0 Å². The molecule has 0 spiro atoms. The van der Waals surface area contributed by atoms with E-state index >= 15 is 0 Å². The molecule has 0 bridgehead atoms. The number of hydrogen-bond donors (Lipinski definition) is 1. The van der Waals surface area contributed by atoms with Crippen molar-refractivity contribution in [3.8, 4) is 17.0 Å². The zero-order valence-corrected chi connectivity index (χ0v) is 11.4. The Morgan fingerprint density at radius 3 is 2.68 bits per heavy atom. The third-order valence-corrected chi connectivity index (χ3v) is 3.37. The van der Waals surface area contributed by atoms with Crippen molar-refractivity contribution in [1.82, 2.24) is 9.97 Å². The summed E-state index contributed by atoms with van der Waals surface area (Å²) in [6.07, 6.45) is 1.26. The standard InChI is InChI=1S/C15H10FN3O3/c1-8-4-11-13(6-14(8)20)17-7-18-15(11)10-3-2-9(19(21)22)5-12(10)16/h2-7,20H,1H3. The van der Waals surface area contributed by atoms with Crippen LogP contribution in [0.4, 0.5) is 10.1 Å². The lowest BCUT2D eigenvalue weighted by Crippen LogP contribution is -1.95. The zero-order chi connectivity index (χ0) is 15.9. The highest BCUT2D eigenvalue weighted by molar-refractivity contribution is 5.93. The van der Waals surface area contributed by atoms with Gasteiger partial charge in [0.1, 0.15) is 17.9 Å². The molecule has 6 nitrogen and oxygen atoms in total. The van der Waals surface area contributed by atoms with Crippen molar-refractivity contribution < 1.29 is 14.4 Å². The third-order valence-electron chi connectivity index (χ3n) is 3.37. The Bertz CT molecular complexity index is 912. The van der Waals surface area contributed by atoms with Gasteiger partial charge < -0.3 is 5.11 Å². The van der Waals surface area contributed by atoms with E-state index in [-0.39, 0.29) is 17.0 Å². The molecule has 0 unspecified atom stereocenters. The first-order valence-corrected chi connectivity index (χ1v) is 6.36. The number of aryl methyl sites for hydroxylation is 1. The molecule has 22 heavy (non-hydrogen) atoms. The Labute approximate surface area is 124 Å². The number of non-ortho nitro benzene ring substituents is 1. The van der Waals surface area contributed by atoms with Crippen molar-refractivity contribution >= 4 is 16.6 Å². The molecule has 0 fully saturated rings. The van der Waals surface area contributed by atoms with Gasteiger partial charge in [0.2, 0.25) is 0 Å². The topological polar surface area (TPSA) is 89.2 Å². The molecule has 3 rings (SSSR count). The number of fused-ring (bicyclic) bond motifs is 1. The predicted octanol–water partition coefficient (Wildman–Crippen LogP) is 3.36. The molecule has 0 aliphatic carbocycles. The maximum absolute atomic E-state index is 14.2. The van der Waals surface area contributed by atoms with E-state index in [4.69, 9.17) is 0 Å². The van der Waals surface area contributed by atoms with Crippen LogP contribution in [0.2, 0.25) is 0 Å². The summed E-state index contributed by atoms with van der Waals surface area (Å²) < 4.78 is 14.2. The minimum absolute atomic E-state index is 0.0846. The molecule has 3 aromatic rings. The van der Waals surface area contributed by atoms with Crippen LogP contribution in [0, 0.1) is 22.9 Å². The maximum Gasteiger partial charge on any atom is 0.272 e. The summed E-state index contributed by atoms with van der Waals surface area (Å²) in [7, 11) is 0. The maximum atomic E-state index is 14.2. The van der Waals surface area contributed by atoms with Gasteiger partial charge in [-0.15, -0.1) is 0 Å². The third kappa shape index (κ3) is 2.22. The average molecular weight is 299 g/mol. The Hall–Kier alpha value is -3.09. The number of nitrogens with zero attached hydrogens (tertiary/aromatic N) is 3. The van der Waals surface area contributed by atoms with Crippen LogP contribution in [0.5, 0.6) is 5.75 Å². The van der Waals surface area contributed by atoms with Gasteiger partial charge in [-0.1, -0.05) is 0 Å². The summed E-state index contributed by atoms with van der Waals surface area (Å²) in [6, 6.07) is 6.52. The number of aromatic hydroxyl groups is 1. The first kappa shape index (κ1) is 13.9.